The first-order chi connectivity index (χ1) is 9.67. The molecule has 0 aliphatic heterocycles. The van der Waals surface area contributed by atoms with E-state index in [9.17, 15) is 8.78 Å². The van der Waals surface area contributed by atoms with Crippen molar-refractivity contribution in [3.63, 3.8) is 0 Å². The fourth-order valence-corrected chi connectivity index (χ4v) is 1.70. The highest BCUT2D eigenvalue weighted by molar-refractivity contribution is 5.43. The van der Waals surface area contributed by atoms with Gasteiger partial charge >= 0.3 is 6.61 Å². The van der Waals surface area contributed by atoms with Gasteiger partial charge in [-0.2, -0.15) is 8.78 Å². The van der Waals surface area contributed by atoms with Crippen LogP contribution in [0.5, 0.6) is 11.5 Å². The Hall–Kier alpha value is -1.40. The highest BCUT2D eigenvalue weighted by Gasteiger charge is 2.11. The molecule has 0 heterocycles. The van der Waals surface area contributed by atoms with E-state index in [2.05, 4.69) is 10.1 Å². The monoisotopic (exact) mass is 289 g/mol. The second-order valence-electron chi connectivity index (χ2n) is 4.09. The molecule has 6 heteroatoms. The molecule has 0 aliphatic carbocycles. The molecule has 0 atom stereocenters. The van der Waals surface area contributed by atoms with Crippen LogP contribution in [0.25, 0.3) is 0 Å². The van der Waals surface area contributed by atoms with Crippen LogP contribution in [0.1, 0.15) is 12.5 Å². The SMILES string of the molecule is CCOc1cc(CCNCCOC)ccc1OC(F)F. The van der Waals surface area contributed by atoms with Crippen molar-refractivity contribution in [1.82, 2.24) is 5.32 Å². The van der Waals surface area contributed by atoms with Crippen LogP contribution >= 0.6 is 0 Å². The Morgan fingerprint density at radius 2 is 2.00 bits per heavy atom. The van der Waals surface area contributed by atoms with Gasteiger partial charge < -0.3 is 19.5 Å². The summed E-state index contributed by atoms with van der Waals surface area (Å²) in [4.78, 5) is 0. The van der Waals surface area contributed by atoms with Gasteiger partial charge in [0.1, 0.15) is 0 Å². The predicted molar refractivity (Wildman–Crippen MR) is 72.7 cm³/mol. The zero-order chi connectivity index (χ0) is 14.8. The Morgan fingerprint density at radius 1 is 1.20 bits per heavy atom. The molecule has 0 fully saturated rings. The molecular formula is C14H21F2NO3. The van der Waals surface area contributed by atoms with E-state index in [1.807, 2.05) is 0 Å². The average Bonchev–Trinajstić information content (AvgIpc) is 2.41. The van der Waals surface area contributed by atoms with Crippen LogP contribution in [0.2, 0.25) is 0 Å². The lowest BCUT2D eigenvalue weighted by Gasteiger charge is -2.13. The molecule has 0 unspecified atom stereocenters. The van der Waals surface area contributed by atoms with E-state index in [-0.39, 0.29) is 5.75 Å². The van der Waals surface area contributed by atoms with E-state index in [0.29, 0.717) is 19.0 Å². The summed E-state index contributed by atoms with van der Waals surface area (Å²) >= 11 is 0. The minimum atomic E-state index is -2.85. The zero-order valence-electron chi connectivity index (χ0n) is 11.8. The van der Waals surface area contributed by atoms with Crippen molar-refractivity contribution in [2.24, 2.45) is 0 Å². The zero-order valence-corrected chi connectivity index (χ0v) is 11.8. The van der Waals surface area contributed by atoms with E-state index in [1.165, 1.54) is 6.07 Å². The van der Waals surface area contributed by atoms with Crippen LogP contribution in [-0.2, 0) is 11.2 Å². The van der Waals surface area contributed by atoms with Gasteiger partial charge in [-0.15, -0.1) is 0 Å². The second kappa shape index (κ2) is 9.50. The summed E-state index contributed by atoms with van der Waals surface area (Å²) in [5.41, 5.74) is 1.000. The smallest absolute Gasteiger partial charge is 0.387 e. The van der Waals surface area contributed by atoms with E-state index in [4.69, 9.17) is 9.47 Å². The maximum absolute atomic E-state index is 12.3. The quantitative estimate of drug-likeness (QED) is 0.672. The van der Waals surface area contributed by atoms with Gasteiger partial charge in [0.15, 0.2) is 11.5 Å². The van der Waals surface area contributed by atoms with Crippen molar-refractivity contribution in [3.05, 3.63) is 23.8 Å². The molecule has 1 N–H and O–H groups in total. The highest BCUT2D eigenvalue weighted by atomic mass is 19.3. The standard InChI is InChI=1S/C14H21F2NO3/c1-3-19-13-10-11(6-7-17-8-9-18-2)4-5-12(13)20-14(15)16/h4-5,10,14,17H,3,6-9H2,1-2H3. The predicted octanol–water partition coefficient (Wildman–Crippen LogP) is 2.47. The maximum atomic E-state index is 12.3. The Balaban J connectivity index is 2.57. The molecule has 4 nitrogen and oxygen atoms in total. The van der Waals surface area contributed by atoms with Gasteiger partial charge in [-0.05, 0) is 37.6 Å². The minimum Gasteiger partial charge on any atom is -0.490 e. The van der Waals surface area contributed by atoms with Gasteiger partial charge in [-0.25, -0.2) is 0 Å². The Kier molecular flexibility index (Phi) is 7.91. The Morgan fingerprint density at radius 3 is 2.65 bits per heavy atom. The molecule has 1 rings (SSSR count). The van der Waals surface area contributed by atoms with E-state index < -0.39 is 6.61 Å². The van der Waals surface area contributed by atoms with Gasteiger partial charge in [-0.1, -0.05) is 6.07 Å². The molecule has 114 valence electrons. The van der Waals surface area contributed by atoms with E-state index in [1.54, 1.807) is 26.2 Å². The number of hydrogen-bond donors (Lipinski definition) is 1. The highest BCUT2D eigenvalue weighted by Crippen LogP contribution is 2.29. The van der Waals surface area contributed by atoms with Crippen molar-refractivity contribution in [2.45, 2.75) is 20.0 Å². The topological polar surface area (TPSA) is 39.7 Å². The molecule has 1 aromatic carbocycles. The molecule has 0 bridgehead atoms. The summed E-state index contributed by atoms with van der Waals surface area (Å²) in [5.74, 6) is 0.417. The van der Waals surface area contributed by atoms with Crippen LogP contribution in [-0.4, -0.2) is 40.0 Å². The van der Waals surface area contributed by atoms with Crippen LogP contribution in [0.4, 0.5) is 8.78 Å². The number of rotatable bonds is 10. The van der Waals surface area contributed by atoms with Crippen molar-refractivity contribution in [2.75, 3.05) is 33.4 Å². The lowest BCUT2D eigenvalue weighted by molar-refractivity contribution is -0.0514. The molecule has 20 heavy (non-hydrogen) atoms. The molecule has 0 spiro atoms. The molecule has 0 radical (unpaired) electrons. The lowest BCUT2D eigenvalue weighted by Crippen LogP contribution is -2.21. The van der Waals surface area contributed by atoms with Crippen molar-refractivity contribution in [3.8, 4) is 11.5 Å². The van der Waals surface area contributed by atoms with Crippen LogP contribution in [0, 0.1) is 0 Å². The fraction of sp³-hybridized carbons (Fsp3) is 0.571. The van der Waals surface area contributed by atoms with Crippen molar-refractivity contribution in [1.29, 1.82) is 0 Å². The summed E-state index contributed by atoms with van der Waals surface area (Å²) in [6, 6.07) is 5.01. The molecule has 0 aromatic heterocycles. The van der Waals surface area contributed by atoms with Crippen LogP contribution in [0.15, 0.2) is 18.2 Å². The van der Waals surface area contributed by atoms with Gasteiger partial charge in [0, 0.05) is 13.7 Å². The summed E-state index contributed by atoms with van der Waals surface area (Å²) in [5, 5.41) is 3.22. The van der Waals surface area contributed by atoms with E-state index in [0.717, 1.165) is 25.1 Å². The normalized spacial score (nSPS) is 10.8. The first-order valence-corrected chi connectivity index (χ1v) is 6.57. The Labute approximate surface area is 118 Å². The first kappa shape index (κ1) is 16.7. The van der Waals surface area contributed by atoms with Gasteiger partial charge in [-0.3, -0.25) is 0 Å². The summed E-state index contributed by atoms with van der Waals surface area (Å²) in [7, 11) is 1.65. The second-order valence-corrected chi connectivity index (χ2v) is 4.09. The van der Waals surface area contributed by atoms with Crippen molar-refractivity contribution >= 4 is 0 Å². The fourth-order valence-electron chi connectivity index (χ4n) is 1.70. The number of methoxy groups -OCH3 is 1. The summed E-state index contributed by atoms with van der Waals surface area (Å²) < 4.78 is 39.2. The van der Waals surface area contributed by atoms with Gasteiger partial charge in [0.2, 0.25) is 0 Å². The number of hydrogen-bond acceptors (Lipinski definition) is 4. The number of benzene rings is 1. The van der Waals surface area contributed by atoms with E-state index >= 15 is 0 Å². The third kappa shape index (κ3) is 6.16. The van der Waals surface area contributed by atoms with Gasteiger partial charge in [0.25, 0.3) is 0 Å². The molecule has 0 amide bonds. The lowest BCUT2D eigenvalue weighted by atomic mass is 10.1. The third-order valence-corrected chi connectivity index (χ3v) is 2.60. The number of alkyl halides is 2. The number of ether oxygens (including phenoxy) is 3. The maximum Gasteiger partial charge on any atom is 0.387 e. The molecular weight excluding hydrogens is 268 g/mol. The molecule has 0 saturated carbocycles. The van der Waals surface area contributed by atoms with Crippen LogP contribution < -0.4 is 14.8 Å². The number of halogens is 2. The number of nitrogens with one attached hydrogen (secondary N) is 1. The molecule has 1 aromatic rings. The average molecular weight is 289 g/mol. The Bertz CT molecular complexity index is 389. The largest absolute Gasteiger partial charge is 0.490 e. The van der Waals surface area contributed by atoms with Crippen LogP contribution in [0.3, 0.4) is 0 Å². The van der Waals surface area contributed by atoms with Crippen molar-refractivity contribution < 1.29 is 23.0 Å². The minimum absolute atomic E-state index is 0.0675. The summed E-state index contributed by atoms with van der Waals surface area (Å²) in [6.07, 6.45) is 0.777. The summed E-state index contributed by atoms with van der Waals surface area (Å²) in [6.45, 7) is 1.56. The first-order valence-electron chi connectivity index (χ1n) is 6.57. The molecule has 0 aliphatic rings. The van der Waals surface area contributed by atoms with Gasteiger partial charge in [0.05, 0.1) is 13.2 Å². The molecule has 0 saturated heterocycles. The third-order valence-electron chi connectivity index (χ3n) is 2.60.